The number of rotatable bonds is 5. The molecule has 3 aliphatic heterocycles. The van der Waals surface area contributed by atoms with Crippen LogP contribution in [-0.4, -0.2) is 92.4 Å². The molecular formula is C29H31FN8O2. The van der Waals surface area contributed by atoms with Crippen molar-refractivity contribution < 1.29 is 14.3 Å². The molecule has 4 aromatic rings. The van der Waals surface area contributed by atoms with E-state index in [1.807, 2.05) is 47.1 Å². The first-order valence-electron chi connectivity index (χ1n) is 13.8. The molecule has 3 aromatic heterocycles. The zero-order valence-electron chi connectivity index (χ0n) is 22.1. The van der Waals surface area contributed by atoms with Crippen LogP contribution >= 0.6 is 0 Å². The number of anilines is 2. The smallest absolute Gasteiger partial charge is 0.407 e. The number of fused-ring (bicyclic) bond motifs is 1. The topological polar surface area (TPSA) is 93.3 Å². The number of piperazine rings is 1. The van der Waals surface area contributed by atoms with Gasteiger partial charge < -0.3 is 19.8 Å². The Labute approximate surface area is 231 Å². The molecule has 7 rings (SSSR count). The summed E-state index contributed by atoms with van der Waals surface area (Å²) in [5.41, 5.74) is 3.34. The van der Waals surface area contributed by atoms with E-state index in [1.165, 1.54) is 11.0 Å². The average molecular weight is 543 g/mol. The van der Waals surface area contributed by atoms with Gasteiger partial charge >= 0.3 is 6.09 Å². The number of hydrogen-bond acceptors (Lipinski definition) is 7. The SMILES string of the molecule is O=C(O)N1CC(N2CCN(c3cccc(-c4cnc5ccc(N6CCCC6c6cccc(F)c6)nn45)n3)CC2)C1. The predicted octanol–water partition coefficient (Wildman–Crippen LogP) is 3.76. The number of pyridine rings is 1. The molecule has 206 valence electrons. The summed E-state index contributed by atoms with van der Waals surface area (Å²) in [5.74, 6) is 1.53. The van der Waals surface area contributed by atoms with Gasteiger partial charge in [-0.3, -0.25) is 4.90 Å². The molecule has 1 unspecified atom stereocenters. The van der Waals surface area contributed by atoms with E-state index in [-0.39, 0.29) is 11.9 Å². The van der Waals surface area contributed by atoms with E-state index in [9.17, 15) is 9.18 Å². The second-order valence-corrected chi connectivity index (χ2v) is 10.8. The van der Waals surface area contributed by atoms with E-state index in [1.54, 1.807) is 12.1 Å². The number of benzene rings is 1. The van der Waals surface area contributed by atoms with Gasteiger partial charge in [0.1, 0.15) is 23.1 Å². The van der Waals surface area contributed by atoms with Crippen LogP contribution in [0.15, 0.2) is 60.8 Å². The Bertz CT molecular complexity index is 1550. The van der Waals surface area contributed by atoms with Crippen molar-refractivity contribution in [3.63, 3.8) is 0 Å². The molecule has 1 atom stereocenters. The zero-order valence-corrected chi connectivity index (χ0v) is 22.1. The summed E-state index contributed by atoms with van der Waals surface area (Å²) in [6.07, 6.45) is 2.95. The average Bonchev–Trinajstić information content (AvgIpc) is 3.60. The summed E-state index contributed by atoms with van der Waals surface area (Å²) in [7, 11) is 0. The Kier molecular flexibility index (Phi) is 6.22. The monoisotopic (exact) mass is 542 g/mol. The van der Waals surface area contributed by atoms with Crippen LogP contribution in [0.1, 0.15) is 24.4 Å². The molecule has 1 aromatic carbocycles. The fourth-order valence-corrected chi connectivity index (χ4v) is 6.19. The van der Waals surface area contributed by atoms with E-state index < -0.39 is 6.09 Å². The van der Waals surface area contributed by atoms with E-state index >= 15 is 0 Å². The van der Waals surface area contributed by atoms with Gasteiger partial charge in [-0.2, -0.15) is 0 Å². The molecule has 0 bridgehead atoms. The first-order chi connectivity index (χ1) is 19.5. The van der Waals surface area contributed by atoms with Crippen molar-refractivity contribution in [2.45, 2.75) is 24.9 Å². The van der Waals surface area contributed by atoms with Gasteiger partial charge in [0.2, 0.25) is 0 Å². The second kappa shape index (κ2) is 10.1. The van der Waals surface area contributed by atoms with Crippen LogP contribution in [0.2, 0.25) is 0 Å². The van der Waals surface area contributed by atoms with Crippen molar-refractivity contribution in [1.82, 2.24) is 29.4 Å². The third kappa shape index (κ3) is 4.49. The van der Waals surface area contributed by atoms with Gasteiger partial charge in [0.25, 0.3) is 0 Å². The van der Waals surface area contributed by atoms with Crippen molar-refractivity contribution >= 4 is 23.4 Å². The standard InChI is InChI=1S/C29H31FN8O2/c30-21-5-1-4-20(16-21)24-7-3-11-37(24)28-10-9-26-31-17-25(38(26)33-28)23-6-2-8-27(32-23)35-14-12-34(13-15-35)22-18-36(19-22)29(39)40/h1-2,4-6,8-10,16-17,22,24H,3,7,11-15,18-19H2,(H,39,40). The summed E-state index contributed by atoms with van der Waals surface area (Å²) < 4.78 is 15.8. The Hall–Kier alpha value is -4.25. The van der Waals surface area contributed by atoms with E-state index in [0.29, 0.717) is 19.1 Å². The second-order valence-electron chi connectivity index (χ2n) is 10.8. The van der Waals surface area contributed by atoms with Crippen molar-refractivity contribution in [2.75, 3.05) is 55.6 Å². The molecule has 1 amide bonds. The molecule has 0 radical (unpaired) electrons. The fraction of sp³-hybridized carbons (Fsp3) is 0.379. The molecule has 3 aliphatic rings. The Morgan fingerprint density at radius 1 is 0.950 bits per heavy atom. The van der Waals surface area contributed by atoms with Crippen LogP contribution < -0.4 is 9.80 Å². The van der Waals surface area contributed by atoms with Gasteiger partial charge in [-0.25, -0.2) is 23.7 Å². The van der Waals surface area contributed by atoms with Crippen LogP contribution in [0.3, 0.4) is 0 Å². The number of carboxylic acid groups (broad SMARTS) is 1. The van der Waals surface area contributed by atoms with Gasteiger partial charge in [0, 0.05) is 51.9 Å². The molecular weight excluding hydrogens is 511 g/mol. The lowest BCUT2D eigenvalue weighted by molar-refractivity contribution is 0.0341. The summed E-state index contributed by atoms with van der Waals surface area (Å²) in [6, 6.07) is 17.3. The van der Waals surface area contributed by atoms with Gasteiger partial charge in [-0.1, -0.05) is 18.2 Å². The van der Waals surface area contributed by atoms with Crippen molar-refractivity contribution in [3.05, 3.63) is 72.2 Å². The highest BCUT2D eigenvalue weighted by Gasteiger charge is 2.36. The summed E-state index contributed by atoms with van der Waals surface area (Å²) in [5, 5.41) is 14.1. The quantitative estimate of drug-likeness (QED) is 0.408. The largest absolute Gasteiger partial charge is 0.465 e. The summed E-state index contributed by atoms with van der Waals surface area (Å²) >= 11 is 0. The summed E-state index contributed by atoms with van der Waals surface area (Å²) in [6.45, 7) is 5.48. The molecule has 40 heavy (non-hydrogen) atoms. The molecule has 3 saturated heterocycles. The molecule has 0 spiro atoms. The number of aromatic nitrogens is 4. The number of imidazole rings is 1. The maximum atomic E-state index is 14.0. The maximum absolute atomic E-state index is 14.0. The van der Waals surface area contributed by atoms with E-state index in [0.717, 1.165) is 79.8 Å². The van der Waals surface area contributed by atoms with Gasteiger partial charge in [0.15, 0.2) is 5.65 Å². The molecule has 0 aliphatic carbocycles. The highest BCUT2D eigenvalue weighted by molar-refractivity contribution is 5.66. The number of likely N-dealkylation sites (tertiary alicyclic amines) is 1. The minimum Gasteiger partial charge on any atom is -0.465 e. The minimum atomic E-state index is -0.836. The van der Waals surface area contributed by atoms with E-state index in [4.69, 9.17) is 15.2 Å². The normalized spacial score (nSPS) is 20.3. The zero-order chi connectivity index (χ0) is 27.2. The number of nitrogens with zero attached hydrogens (tertiary/aromatic N) is 8. The number of amides is 1. The fourth-order valence-electron chi connectivity index (χ4n) is 6.19. The molecule has 0 saturated carbocycles. The van der Waals surface area contributed by atoms with Crippen LogP contribution in [0.4, 0.5) is 20.8 Å². The first-order valence-corrected chi connectivity index (χ1v) is 13.8. The maximum Gasteiger partial charge on any atom is 0.407 e. The van der Waals surface area contributed by atoms with Crippen LogP contribution in [0.5, 0.6) is 0 Å². The molecule has 1 N–H and O–H groups in total. The Balaban J connectivity index is 1.10. The van der Waals surface area contributed by atoms with E-state index in [2.05, 4.69) is 19.7 Å². The van der Waals surface area contributed by atoms with Crippen LogP contribution in [0, 0.1) is 5.82 Å². The lowest BCUT2D eigenvalue weighted by atomic mass is 10.0. The number of hydrogen-bond donors (Lipinski definition) is 1. The predicted molar refractivity (Wildman–Crippen MR) is 149 cm³/mol. The third-order valence-electron chi connectivity index (χ3n) is 8.41. The molecule has 3 fully saturated rings. The molecule has 10 nitrogen and oxygen atoms in total. The summed E-state index contributed by atoms with van der Waals surface area (Å²) in [4.78, 5) is 29.0. The Morgan fingerprint density at radius 2 is 1.77 bits per heavy atom. The highest BCUT2D eigenvalue weighted by atomic mass is 19.1. The van der Waals surface area contributed by atoms with Gasteiger partial charge in [-0.15, -0.1) is 5.10 Å². The lowest BCUT2D eigenvalue weighted by Crippen LogP contribution is -2.64. The van der Waals surface area contributed by atoms with Crippen molar-refractivity contribution in [2.24, 2.45) is 0 Å². The Morgan fingerprint density at radius 3 is 2.58 bits per heavy atom. The minimum absolute atomic E-state index is 0.0832. The first kappa shape index (κ1) is 24.8. The number of carbonyl (C=O) groups is 1. The molecule has 11 heteroatoms. The molecule has 6 heterocycles. The van der Waals surface area contributed by atoms with Crippen LogP contribution in [0.25, 0.3) is 17.0 Å². The highest BCUT2D eigenvalue weighted by Crippen LogP contribution is 2.36. The van der Waals surface area contributed by atoms with Crippen molar-refractivity contribution in [1.29, 1.82) is 0 Å². The van der Waals surface area contributed by atoms with Gasteiger partial charge in [-0.05, 0) is 54.8 Å². The number of halogens is 1. The third-order valence-corrected chi connectivity index (χ3v) is 8.41. The van der Waals surface area contributed by atoms with Gasteiger partial charge in [0.05, 0.1) is 17.9 Å². The lowest BCUT2D eigenvalue weighted by Gasteiger charge is -2.47. The van der Waals surface area contributed by atoms with Crippen molar-refractivity contribution in [3.8, 4) is 11.4 Å². The van der Waals surface area contributed by atoms with Crippen LogP contribution in [-0.2, 0) is 0 Å².